The largest absolute Gasteiger partial charge is 0.508 e. The number of aromatic hydroxyl groups is 1. The average Bonchev–Trinajstić information content (AvgIpc) is 2.53. The maximum Gasteiger partial charge on any atom is 0.161 e. The zero-order valence-corrected chi connectivity index (χ0v) is 17.4. The molecule has 0 fully saturated rings. The Labute approximate surface area is 166 Å². The van der Waals surface area contributed by atoms with Gasteiger partial charge in [-0.2, -0.15) is 0 Å². The molecule has 0 spiro atoms. The monoisotopic (exact) mass is 379 g/mol. The van der Waals surface area contributed by atoms with E-state index in [0.717, 1.165) is 41.1 Å². The second kappa shape index (κ2) is 6.07. The number of phenolic OH excluding ortho intramolecular Hbond substituents is 1. The lowest BCUT2D eigenvalue weighted by molar-refractivity contribution is -0.119. The summed E-state index contributed by atoms with van der Waals surface area (Å²) in [5, 5.41) is 9.76. The van der Waals surface area contributed by atoms with Gasteiger partial charge in [0.2, 0.25) is 0 Å². The molecule has 2 aliphatic carbocycles. The highest BCUT2D eigenvalue weighted by atomic mass is 16.3. The molecule has 1 aliphatic heterocycles. The van der Waals surface area contributed by atoms with Crippen LogP contribution in [0.4, 0.5) is 5.69 Å². The third kappa shape index (κ3) is 2.99. The summed E-state index contributed by atoms with van der Waals surface area (Å²) >= 11 is 0. The molecular weight excluding hydrogens is 350 g/mol. The highest BCUT2D eigenvalue weighted by molar-refractivity contribution is 6.06. The predicted octanol–water partition coefficient (Wildman–Crippen LogP) is 5.13. The van der Waals surface area contributed by atoms with Crippen molar-refractivity contribution >= 4 is 17.3 Å². The average molecular weight is 380 g/mol. The van der Waals surface area contributed by atoms with Crippen LogP contribution in [-0.2, 0) is 9.59 Å². The molecule has 4 nitrogen and oxygen atoms in total. The summed E-state index contributed by atoms with van der Waals surface area (Å²) in [4.78, 5) is 28.4. The molecule has 1 heterocycles. The Kier molecular flexibility index (Phi) is 4.11. The minimum Gasteiger partial charge on any atom is -0.508 e. The Hall–Kier alpha value is -2.36. The van der Waals surface area contributed by atoms with Gasteiger partial charge in [0.25, 0.3) is 0 Å². The number of nitrogens with zero attached hydrogens (tertiary/aromatic N) is 1. The number of phenols is 1. The Morgan fingerprint density at radius 3 is 1.68 bits per heavy atom. The third-order valence-electron chi connectivity index (χ3n) is 6.31. The van der Waals surface area contributed by atoms with Gasteiger partial charge < -0.3 is 10.0 Å². The minimum absolute atomic E-state index is 0.114. The lowest BCUT2D eigenvalue weighted by Gasteiger charge is -2.48. The molecule has 0 bridgehead atoms. The minimum atomic E-state index is -0.148. The van der Waals surface area contributed by atoms with E-state index in [1.807, 2.05) is 19.1 Å². The first-order chi connectivity index (χ1) is 13.0. The predicted molar refractivity (Wildman–Crippen MR) is 110 cm³/mol. The van der Waals surface area contributed by atoms with Crippen molar-refractivity contribution in [1.29, 1.82) is 0 Å². The maximum absolute atomic E-state index is 13.1. The van der Waals surface area contributed by atoms with Gasteiger partial charge >= 0.3 is 0 Å². The molecule has 0 saturated heterocycles. The molecule has 3 aliphatic rings. The van der Waals surface area contributed by atoms with Gasteiger partial charge in [0.05, 0.1) is 0 Å². The zero-order valence-electron chi connectivity index (χ0n) is 17.4. The van der Waals surface area contributed by atoms with Crippen molar-refractivity contribution in [2.45, 2.75) is 60.3 Å². The van der Waals surface area contributed by atoms with Crippen molar-refractivity contribution in [3.05, 3.63) is 46.8 Å². The molecule has 1 aromatic carbocycles. The number of carbonyl (C=O) groups is 2. The van der Waals surface area contributed by atoms with E-state index in [2.05, 4.69) is 32.6 Å². The molecule has 0 saturated carbocycles. The third-order valence-corrected chi connectivity index (χ3v) is 6.31. The zero-order chi connectivity index (χ0) is 20.4. The van der Waals surface area contributed by atoms with Crippen molar-refractivity contribution in [2.24, 2.45) is 16.7 Å². The molecule has 1 N–H and O–H groups in total. The molecule has 0 atom stereocenters. The first-order valence-electron chi connectivity index (χ1n) is 10.1. The summed E-state index contributed by atoms with van der Waals surface area (Å²) in [6.07, 6.45) is 2.62. The summed E-state index contributed by atoms with van der Waals surface area (Å²) < 4.78 is 0. The SMILES string of the molecule is CC1C2=C(CC(C)(C)CC2=O)N(c2ccc(O)cc2)C2=C1C(=O)CC(C)(C)C2. The van der Waals surface area contributed by atoms with Gasteiger partial charge in [0.1, 0.15) is 5.75 Å². The first kappa shape index (κ1) is 19.0. The summed E-state index contributed by atoms with van der Waals surface area (Å²) in [6.45, 7) is 10.6. The van der Waals surface area contributed by atoms with Gasteiger partial charge in [0, 0.05) is 47.0 Å². The van der Waals surface area contributed by atoms with E-state index in [-0.39, 0.29) is 34.1 Å². The fourth-order valence-electron chi connectivity index (χ4n) is 5.21. The van der Waals surface area contributed by atoms with Crippen molar-refractivity contribution in [3.63, 3.8) is 0 Å². The van der Waals surface area contributed by atoms with E-state index >= 15 is 0 Å². The number of hydrogen-bond acceptors (Lipinski definition) is 4. The van der Waals surface area contributed by atoms with Crippen LogP contribution in [0.5, 0.6) is 5.75 Å². The molecule has 0 amide bonds. The van der Waals surface area contributed by atoms with E-state index in [1.165, 1.54) is 0 Å². The molecule has 1 aromatic rings. The van der Waals surface area contributed by atoms with Crippen LogP contribution in [0.15, 0.2) is 46.8 Å². The van der Waals surface area contributed by atoms with Crippen LogP contribution >= 0.6 is 0 Å². The van der Waals surface area contributed by atoms with Gasteiger partial charge in [-0.1, -0.05) is 34.6 Å². The fourth-order valence-corrected chi connectivity index (χ4v) is 5.21. The number of Topliss-reactive ketones (excluding diaryl/α,β-unsaturated/α-hetero) is 2. The molecule has 28 heavy (non-hydrogen) atoms. The lowest BCUT2D eigenvalue weighted by atomic mass is 9.65. The highest BCUT2D eigenvalue weighted by Crippen LogP contribution is 2.52. The topological polar surface area (TPSA) is 57.6 Å². The van der Waals surface area contributed by atoms with Crippen LogP contribution in [0.1, 0.15) is 60.3 Å². The molecule has 4 heteroatoms. The van der Waals surface area contributed by atoms with Crippen molar-refractivity contribution < 1.29 is 14.7 Å². The Balaban J connectivity index is 1.96. The Morgan fingerprint density at radius 1 is 0.821 bits per heavy atom. The second-order valence-corrected chi connectivity index (χ2v) is 10.2. The van der Waals surface area contributed by atoms with E-state index in [0.29, 0.717) is 12.8 Å². The highest BCUT2D eigenvalue weighted by Gasteiger charge is 2.47. The van der Waals surface area contributed by atoms with Gasteiger partial charge in [-0.25, -0.2) is 0 Å². The van der Waals surface area contributed by atoms with Gasteiger partial charge in [-0.05, 0) is 47.9 Å². The van der Waals surface area contributed by atoms with Crippen LogP contribution < -0.4 is 4.90 Å². The Morgan fingerprint density at radius 2 is 1.25 bits per heavy atom. The quantitative estimate of drug-likeness (QED) is 0.734. The van der Waals surface area contributed by atoms with Crippen molar-refractivity contribution in [2.75, 3.05) is 4.90 Å². The molecule has 0 unspecified atom stereocenters. The van der Waals surface area contributed by atoms with Crippen LogP contribution in [0, 0.1) is 16.7 Å². The van der Waals surface area contributed by atoms with Crippen LogP contribution in [0.25, 0.3) is 0 Å². The number of carbonyl (C=O) groups excluding carboxylic acids is 2. The Bertz CT molecular complexity index is 877. The van der Waals surface area contributed by atoms with E-state index in [9.17, 15) is 14.7 Å². The van der Waals surface area contributed by atoms with Crippen LogP contribution in [0.2, 0.25) is 0 Å². The van der Waals surface area contributed by atoms with Crippen molar-refractivity contribution in [1.82, 2.24) is 0 Å². The summed E-state index contributed by atoms with van der Waals surface area (Å²) in [6, 6.07) is 7.08. The van der Waals surface area contributed by atoms with Gasteiger partial charge in [0.15, 0.2) is 11.6 Å². The molecule has 148 valence electrons. The summed E-state index contributed by atoms with van der Waals surface area (Å²) in [7, 11) is 0. The molecule has 4 rings (SSSR count). The number of benzene rings is 1. The summed E-state index contributed by atoms with van der Waals surface area (Å²) in [5.74, 6) is 0.377. The first-order valence-corrected chi connectivity index (χ1v) is 10.1. The number of hydrogen-bond donors (Lipinski definition) is 1. The smallest absolute Gasteiger partial charge is 0.161 e. The van der Waals surface area contributed by atoms with Gasteiger partial charge in [-0.3, -0.25) is 9.59 Å². The molecule has 0 aromatic heterocycles. The second-order valence-electron chi connectivity index (χ2n) is 10.2. The standard InChI is InChI=1S/C24H29NO3/c1-14-21-17(10-23(2,3)12-19(21)27)25(15-6-8-16(26)9-7-15)18-11-24(4,5)13-20(28)22(14)18/h6-9,14,26H,10-13H2,1-5H3. The molecular formula is C24H29NO3. The van der Waals surface area contributed by atoms with E-state index < -0.39 is 0 Å². The molecule has 0 radical (unpaired) electrons. The number of anilines is 1. The van der Waals surface area contributed by atoms with Crippen LogP contribution in [0.3, 0.4) is 0 Å². The number of ketones is 2. The number of rotatable bonds is 1. The maximum atomic E-state index is 13.1. The fraction of sp³-hybridized carbons (Fsp3) is 0.500. The van der Waals surface area contributed by atoms with E-state index in [1.54, 1.807) is 12.1 Å². The summed E-state index contributed by atoms with van der Waals surface area (Å²) in [5.41, 5.74) is 4.35. The van der Waals surface area contributed by atoms with Crippen molar-refractivity contribution in [3.8, 4) is 5.75 Å². The van der Waals surface area contributed by atoms with E-state index in [4.69, 9.17) is 0 Å². The number of allylic oxidation sites excluding steroid dienone is 4. The lowest BCUT2D eigenvalue weighted by Crippen LogP contribution is -2.44. The van der Waals surface area contributed by atoms with Gasteiger partial charge in [-0.15, -0.1) is 0 Å². The normalized spacial score (nSPS) is 24.4. The van der Waals surface area contributed by atoms with Crippen LogP contribution in [-0.4, -0.2) is 16.7 Å².